The summed E-state index contributed by atoms with van der Waals surface area (Å²) < 4.78 is 0. The first-order valence-electron chi connectivity index (χ1n) is 12.4. The van der Waals surface area contributed by atoms with Crippen LogP contribution < -0.4 is 9.80 Å². The van der Waals surface area contributed by atoms with E-state index in [1.54, 1.807) is 0 Å². The highest BCUT2D eigenvalue weighted by atomic mass is 15.1. The van der Waals surface area contributed by atoms with E-state index in [1.807, 2.05) is 0 Å². The fourth-order valence-corrected chi connectivity index (χ4v) is 5.16. The van der Waals surface area contributed by atoms with Crippen LogP contribution in [0.2, 0.25) is 0 Å². The minimum atomic E-state index is 0.221. The van der Waals surface area contributed by atoms with Gasteiger partial charge in [-0.3, -0.25) is 0 Å². The molecule has 36 heavy (non-hydrogen) atoms. The first kappa shape index (κ1) is 21.9. The number of hydrogen-bond donors (Lipinski definition) is 0. The van der Waals surface area contributed by atoms with Crippen LogP contribution in [0.3, 0.4) is 0 Å². The zero-order valence-electron chi connectivity index (χ0n) is 20.3. The van der Waals surface area contributed by atoms with Crippen molar-refractivity contribution in [3.8, 4) is 0 Å². The van der Waals surface area contributed by atoms with Crippen molar-refractivity contribution < 1.29 is 0 Å². The molecule has 0 N–H and O–H groups in total. The topological polar surface area (TPSA) is 6.48 Å². The van der Waals surface area contributed by atoms with Crippen LogP contribution in [0.25, 0.3) is 6.08 Å². The standard InChI is InChI=1S/C34H28N2/c1-35-33-18-10-8-16-31(33)30(32-17-9-11-19-34(32)35)25-22-26-20-23-29(24-21-26)36(27-12-4-2-5-13-27)28-14-6-3-7-15-28/h2-25,30H,1H3/b25-22+. The van der Waals surface area contributed by atoms with Crippen LogP contribution in [-0.2, 0) is 0 Å². The molecule has 5 aromatic carbocycles. The van der Waals surface area contributed by atoms with Gasteiger partial charge in [0.05, 0.1) is 0 Å². The number of benzene rings is 5. The molecule has 2 nitrogen and oxygen atoms in total. The summed E-state index contributed by atoms with van der Waals surface area (Å²) in [7, 11) is 2.15. The van der Waals surface area contributed by atoms with Crippen molar-refractivity contribution >= 4 is 34.5 Å². The van der Waals surface area contributed by atoms with Gasteiger partial charge < -0.3 is 9.80 Å². The molecule has 0 saturated carbocycles. The molecule has 1 aliphatic heterocycles. The molecule has 5 aromatic rings. The summed E-state index contributed by atoms with van der Waals surface area (Å²) in [6.07, 6.45) is 4.59. The summed E-state index contributed by atoms with van der Waals surface area (Å²) in [5.74, 6) is 0.221. The van der Waals surface area contributed by atoms with Crippen LogP contribution >= 0.6 is 0 Å². The molecule has 174 valence electrons. The lowest BCUT2D eigenvalue weighted by atomic mass is 9.84. The van der Waals surface area contributed by atoms with Gasteiger partial charge in [-0.15, -0.1) is 0 Å². The minimum absolute atomic E-state index is 0.221. The van der Waals surface area contributed by atoms with E-state index >= 15 is 0 Å². The van der Waals surface area contributed by atoms with Crippen molar-refractivity contribution in [1.82, 2.24) is 0 Å². The average Bonchev–Trinajstić information content (AvgIpc) is 2.95. The Balaban J connectivity index is 1.33. The van der Waals surface area contributed by atoms with Gasteiger partial charge in [-0.2, -0.15) is 0 Å². The minimum Gasteiger partial charge on any atom is -0.344 e. The molecular formula is C34H28N2. The predicted molar refractivity (Wildman–Crippen MR) is 153 cm³/mol. The fourth-order valence-electron chi connectivity index (χ4n) is 5.16. The third-order valence-electron chi connectivity index (χ3n) is 6.93. The highest BCUT2D eigenvalue weighted by molar-refractivity contribution is 5.79. The lowest BCUT2D eigenvalue weighted by molar-refractivity contribution is 0.963. The fraction of sp³-hybridized carbons (Fsp3) is 0.0588. The van der Waals surface area contributed by atoms with Crippen molar-refractivity contribution in [2.45, 2.75) is 5.92 Å². The molecule has 0 aromatic heterocycles. The Hall–Kier alpha value is -4.56. The summed E-state index contributed by atoms with van der Waals surface area (Å²) in [5.41, 5.74) is 9.83. The first-order chi connectivity index (χ1) is 17.8. The quantitative estimate of drug-likeness (QED) is 0.256. The third-order valence-corrected chi connectivity index (χ3v) is 6.93. The number of allylic oxidation sites excluding steroid dienone is 1. The van der Waals surface area contributed by atoms with Crippen LogP contribution in [-0.4, -0.2) is 7.05 Å². The molecule has 0 radical (unpaired) electrons. The van der Waals surface area contributed by atoms with Gasteiger partial charge in [0.15, 0.2) is 0 Å². The molecule has 1 heterocycles. The van der Waals surface area contributed by atoms with Gasteiger partial charge in [-0.25, -0.2) is 0 Å². The maximum absolute atomic E-state index is 2.34. The average molecular weight is 465 g/mol. The molecule has 0 spiro atoms. The lowest BCUT2D eigenvalue weighted by Crippen LogP contribution is -2.20. The van der Waals surface area contributed by atoms with Gasteiger partial charge in [-0.05, 0) is 65.2 Å². The third kappa shape index (κ3) is 4.08. The number of hydrogen-bond acceptors (Lipinski definition) is 2. The van der Waals surface area contributed by atoms with Crippen LogP contribution in [0.1, 0.15) is 22.6 Å². The number of anilines is 5. The van der Waals surface area contributed by atoms with Gasteiger partial charge in [0.25, 0.3) is 0 Å². The van der Waals surface area contributed by atoms with Crippen LogP contribution in [0.5, 0.6) is 0 Å². The predicted octanol–water partition coefficient (Wildman–Crippen LogP) is 9.08. The Morgan fingerprint density at radius 3 is 1.50 bits per heavy atom. The zero-order valence-corrected chi connectivity index (χ0v) is 20.3. The monoisotopic (exact) mass is 464 g/mol. The molecule has 0 amide bonds. The molecule has 0 saturated heterocycles. The smallest absolute Gasteiger partial charge is 0.0462 e. The Morgan fingerprint density at radius 1 is 0.528 bits per heavy atom. The largest absolute Gasteiger partial charge is 0.344 e. The normalized spacial score (nSPS) is 12.9. The molecule has 0 aliphatic carbocycles. The summed E-state index contributed by atoms with van der Waals surface area (Å²) in [6, 6.07) is 47.3. The lowest BCUT2D eigenvalue weighted by Gasteiger charge is -2.34. The molecule has 0 fully saturated rings. The van der Waals surface area contributed by atoms with E-state index in [4.69, 9.17) is 0 Å². The van der Waals surface area contributed by atoms with Gasteiger partial charge in [0.1, 0.15) is 0 Å². The van der Waals surface area contributed by atoms with Crippen molar-refractivity contribution in [2.75, 3.05) is 16.8 Å². The van der Waals surface area contributed by atoms with E-state index in [9.17, 15) is 0 Å². The highest BCUT2D eigenvalue weighted by Gasteiger charge is 2.26. The van der Waals surface area contributed by atoms with Crippen LogP contribution in [0.4, 0.5) is 28.4 Å². The van der Waals surface area contributed by atoms with E-state index in [2.05, 4.69) is 162 Å². The molecule has 0 unspecified atom stereocenters. The molecule has 1 aliphatic rings. The van der Waals surface area contributed by atoms with Gasteiger partial charge in [0, 0.05) is 41.4 Å². The van der Waals surface area contributed by atoms with E-state index < -0.39 is 0 Å². The number of fused-ring (bicyclic) bond motifs is 2. The number of rotatable bonds is 5. The SMILES string of the molecule is CN1c2ccccc2C(/C=C/c2ccc(N(c3ccccc3)c3ccccc3)cc2)c2ccccc21. The van der Waals surface area contributed by atoms with Crippen LogP contribution in [0.15, 0.2) is 140 Å². The summed E-state index contributed by atoms with van der Waals surface area (Å²) in [6.45, 7) is 0. The Kier molecular flexibility index (Phi) is 5.85. The number of nitrogens with zero attached hydrogens (tertiary/aromatic N) is 2. The molecule has 0 atom stereocenters. The molecule has 2 heteroatoms. The van der Waals surface area contributed by atoms with Crippen LogP contribution in [0, 0.1) is 0 Å². The Labute approximate surface area is 213 Å². The Morgan fingerprint density at radius 2 is 0.972 bits per heavy atom. The van der Waals surface area contributed by atoms with E-state index in [0.29, 0.717) is 0 Å². The van der Waals surface area contributed by atoms with Crippen molar-refractivity contribution in [2.24, 2.45) is 0 Å². The zero-order chi connectivity index (χ0) is 24.3. The second-order valence-electron chi connectivity index (χ2n) is 9.11. The molecule has 0 bridgehead atoms. The molecular weight excluding hydrogens is 436 g/mol. The van der Waals surface area contributed by atoms with Crippen molar-refractivity contribution in [1.29, 1.82) is 0 Å². The summed E-state index contributed by atoms with van der Waals surface area (Å²) >= 11 is 0. The second-order valence-corrected chi connectivity index (χ2v) is 9.11. The van der Waals surface area contributed by atoms with Crippen molar-refractivity contribution in [3.05, 3.63) is 156 Å². The van der Waals surface area contributed by atoms with E-state index in [1.165, 1.54) is 28.1 Å². The van der Waals surface area contributed by atoms with E-state index in [0.717, 1.165) is 17.1 Å². The molecule has 6 rings (SSSR count). The maximum atomic E-state index is 2.34. The summed E-state index contributed by atoms with van der Waals surface area (Å²) in [4.78, 5) is 4.59. The Bertz CT molecular complexity index is 1400. The summed E-state index contributed by atoms with van der Waals surface area (Å²) in [5, 5.41) is 0. The maximum Gasteiger partial charge on any atom is 0.0462 e. The highest BCUT2D eigenvalue weighted by Crippen LogP contribution is 2.45. The van der Waals surface area contributed by atoms with Gasteiger partial charge in [-0.1, -0.05) is 97.1 Å². The van der Waals surface area contributed by atoms with Gasteiger partial charge >= 0.3 is 0 Å². The van der Waals surface area contributed by atoms with Gasteiger partial charge in [0.2, 0.25) is 0 Å². The number of para-hydroxylation sites is 4. The second kappa shape index (κ2) is 9.59. The van der Waals surface area contributed by atoms with E-state index in [-0.39, 0.29) is 5.92 Å². The first-order valence-corrected chi connectivity index (χ1v) is 12.4. The van der Waals surface area contributed by atoms with Crippen molar-refractivity contribution in [3.63, 3.8) is 0 Å².